The Hall–Kier alpha value is -1.98. The van der Waals surface area contributed by atoms with Crippen molar-refractivity contribution >= 4 is 11.9 Å². The Morgan fingerprint density at radius 2 is 1.74 bits per heavy atom. The van der Waals surface area contributed by atoms with Crippen LogP contribution in [-0.4, -0.2) is 44.9 Å². The second-order valence-corrected chi connectivity index (χ2v) is 5.84. The van der Waals surface area contributed by atoms with Crippen LogP contribution in [0.4, 0.5) is 0 Å². The average molecular weight is 261 g/mol. The Labute approximate surface area is 110 Å². The maximum atomic E-state index is 12.2. The first-order chi connectivity index (χ1) is 8.91. The lowest BCUT2D eigenvalue weighted by molar-refractivity contribution is 0.0685. The molecule has 2 fully saturated rings. The second-order valence-electron chi connectivity index (χ2n) is 5.84. The molecule has 1 saturated heterocycles. The van der Waals surface area contributed by atoms with Gasteiger partial charge in [0.15, 0.2) is 5.69 Å². The Balaban J connectivity index is 1.70. The molecule has 2 heterocycles. The molecule has 2 aliphatic rings. The van der Waals surface area contributed by atoms with Crippen molar-refractivity contribution in [1.29, 1.82) is 0 Å². The normalized spacial score (nSPS) is 26.9. The number of hydrogen-bond donors (Lipinski definition) is 1. The van der Waals surface area contributed by atoms with Gasteiger partial charge < -0.3 is 10.0 Å². The van der Waals surface area contributed by atoms with E-state index in [9.17, 15) is 9.59 Å². The monoisotopic (exact) mass is 261 g/mol. The van der Waals surface area contributed by atoms with E-state index in [0.29, 0.717) is 17.3 Å². The molecular formula is C13H15N3O3. The summed E-state index contributed by atoms with van der Waals surface area (Å²) in [5, 5.41) is 8.73. The minimum Gasteiger partial charge on any atom is -0.476 e. The summed E-state index contributed by atoms with van der Waals surface area (Å²) < 4.78 is 0. The summed E-state index contributed by atoms with van der Waals surface area (Å²) in [6.45, 7) is 5.98. The van der Waals surface area contributed by atoms with Crippen LogP contribution in [0.1, 0.15) is 34.8 Å². The number of carbonyl (C=O) groups excluding carboxylic acids is 1. The van der Waals surface area contributed by atoms with Crippen LogP contribution in [0.2, 0.25) is 0 Å². The lowest BCUT2D eigenvalue weighted by Gasteiger charge is -2.21. The van der Waals surface area contributed by atoms with Gasteiger partial charge in [-0.05, 0) is 17.3 Å². The van der Waals surface area contributed by atoms with Crippen LogP contribution in [0.25, 0.3) is 0 Å². The number of nitrogens with zero attached hydrogens (tertiary/aromatic N) is 3. The van der Waals surface area contributed by atoms with Crippen LogP contribution in [0.3, 0.4) is 0 Å². The van der Waals surface area contributed by atoms with Crippen LogP contribution < -0.4 is 0 Å². The van der Waals surface area contributed by atoms with E-state index < -0.39 is 5.97 Å². The van der Waals surface area contributed by atoms with E-state index in [1.165, 1.54) is 6.20 Å². The number of aromatic nitrogens is 2. The number of amides is 1. The van der Waals surface area contributed by atoms with Crippen molar-refractivity contribution in [2.45, 2.75) is 13.8 Å². The predicted molar refractivity (Wildman–Crippen MR) is 65.7 cm³/mol. The standard InChI is InChI=1S/C13H15N3O3/c1-13(2)7-5-16(6-8(7)13)11(17)9-3-15-10(4-14-9)12(18)19/h3-4,7-8H,5-6H2,1-2H3,(H,18,19). The van der Waals surface area contributed by atoms with Crippen LogP contribution in [0.15, 0.2) is 12.4 Å². The molecule has 3 rings (SSSR count). The largest absolute Gasteiger partial charge is 0.476 e. The third-order valence-corrected chi connectivity index (χ3v) is 4.50. The summed E-state index contributed by atoms with van der Waals surface area (Å²) in [6.07, 6.45) is 2.36. The number of carboxylic acids is 1. The van der Waals surface area contributed by atoms with Crippen LogP contribution in [0, 0.1) is 17.3 Å². The molecule has 100 valence electrons. The summed E-state index contributed by atoms with van der Waals surface area (Å²) in [7, 11) is 0. The molecule has 19 heavy (non-hydrogen) atoms. The maximum Gasteiger partial charge on any atom is 0.356 e. The van der Waals surface area contributed by atoms with Gasteiger partial charge in [-0.3, -0.25) is 4.79 Å². The molecule has 6 heteroatoms. The molecule has 0 radical (unpaired) electrons. The molecule has 1 saturated carbocycles. The molecule has 1 aromatic rings. The first kappa shape index (κ1) is 12.1. The van der Waals surface area contributed by atoms with Crippen molar-refractivity contribution in [3.8, 4) is 0 Å². The fraction of sp³-hybridized carbons (Fsp3) is 0.538. The highest BCUT2D eigenvalue weighted by Gasteiger charge is 2.62. The third-order valence-electron chi connectivity index (χ3n) is 4.50. The molecule has 0 spiro atoms. The highest BCUT2D eigenvalue weighted by Crippen LogP contribution is 2.61. The summed E-state index contributed by atoms with van der Waals surface area (Å²) >= 11 is 0. The van der Waals surface area contributed by atoms with E-state index in [1.807, 2.05) is 0 Å². The van der Waals surface area contributed by atoms with Gasteiger partial charge in [0.05, 0.1) is 12.4 Å². The Morgan fingerprint density at radius 1 is 1.21 bits per heavy atom. The van der Waals surface area contributed by atoms with Gasteiger partial charge in [0.1, 0.15) is 5.69 Å². The van der Waals surface area contributed by atoms with Crippen molar-refractivity contribution in [3.05, 3.63) is 23.8 Å². The number of fused-ring (bicyclic) bond motifs is 1. The Morgan fingerprint density at radius 3 is 2.21 bits per heavy atom. The van der Waals surface area contributed by atoms with Gasteiger partial charge in [-0.25, -0.2) is 14.8 Å². The number of aromatic carboxylic acids is 1. The van der Waals surface area contributed by atoms with E-state index in [0.717, 1.165) is 19.3 Å². The van der Waals surface area contributed by atoms with Gasteiger partial charge in [-0.1, -0.05) is 13.8 Å². The van der Waals surface area contributed by atoms with E-state index in [2.05, 4.69) is 23.8 Å². The topological polar surface area (TPSA) is 83.4 Å². The molecular weight excluding hydrogens is 246 g/mol. The lowest BCUT2D eigenvalue weighted by Crippen LogP contribution is -2.33. The average Bonchev–Trinajstić information content (AvgIpc) is 2.79. The zero-order valence-corrected chi connectivity index (χ0v) is 10.8. The minimum atomic E-state index is -1.14. The van der Waals surface area contributed by atoms with Gasteiger partial charge in [0, 0.05) is 13.1 Å². The van der Waals surface area contributed by atoms with Crippen molar-refractivity contribution in [2.24, 2.45) is 17.3 Å². The summed E-state index contributed by atoms with van der Waals surface area (Å²) in [5.74, 6) is -0.131. The van der Waals surface area contributed by atoms with Crippen LogP contribution >= 0.6 is 0 Å². The summed E-state index contributed by atoms with van der Waals surface area (Å²) in [5.41, 5.74) is 0.418. The zero-order chi connectivity index (χ0) is 13.8. The van der Waals surface area contributed by atoms with E-state index in [1.54, 1.807) is 4.90 Å². The Bertz CT molecular complexity index is 539. The number of carbonyl (C=O) groups is 2. The highest BCUT2D eigenvalue weighted by atomic mass is 16.4. The fourth-order valence-electron chi connectivity index (χ4n) is 3.01. The molecule has 1 amide bonds. The Kier molecular flexibility index (Phi) is 2.39. The van der Waals surface area contributed by atoms with Crippen LogP contribution in [0.5, 0.6) is 0 Å². The van der Waals surface area contributed by atoms with Gasteiger partial charge in [0.2, 0.25) is 0 Å². The number of carboxylic acid groups (broad SMARTS) is 1. The van der Waals surface area contributed by atoms with Gasteiger partial charge >= 0.3 is 5.97 Å². The molecule has 0 bridgehead atoms. The van der Waals surface area contributed by atoms with Crippen LogP contribution in [-0.2, 0) is 0 Å². The first-order valence-corrected chi connectivity index (χ1v) is 6.26. The van der Waals surface area contributed by atoms with Gasteiger partial charge in [0.25, 0.3) is 5.91 Å². The number of hydrogen-bond acceptors (Lipinski definition) is 4. The van der Waals surface area contributed by atoms with E-state index in [-0.39, 0.29) is 17.3 Å². The SMILES string of the molecule is CC1(C)C2CN(C(=O)c3cnc(C(=O)O)cn3)CC21. The number of piperidine rings is 1. The summed E-state index contributed by atoms with van der Waals surface area (Å²) in [6, 6.07) is 0. The number of likely N-dealkylation sites (tertiary alicyclic amines) is 1. The molecule has 2 atom stereocenters. The molecule has 2 unspecified atom stereocenters. The van der Waals surface area contributed by atoms with Crippen molar-refractivity contribution in [1.82, 2.24) is 14.9 Å². The summed E-state index contributed by atoms with van der Waals surface area (Å²) in [4.78, 5) is 32.2. The van der Waals surface area contributed by atoms with Crippen molar-refractivity contribution in [3.63, 3.8) is 0 Å². The minimum absolute atomic E-state index is 0.151. The predicted octanol–water partition coefficient (Wildman–Crippen LogP) is 0.903. The van der Waals surface area contributed by atoms with Gasteiger partial charge in [-0.2, -0.15) is 0 Å². The van der Waals surface area contributed by atoms with E-state index >= 15 is 0 Å². The van der Waals surface area contributed by atoms with E-state index in [4.69, 9.17) is 5.11 Å². The number of rotatable bonds is 2. The molecule has 1 aliphatic heterocycles. The third kappa shape index (κ3) is 1.78. The molecule has 0 aromatic carbocycles. The van der Waals surface area contributed by atoms with Crippen molar-refractivity contribution < 1.29 is 14.7 Å². The smallest absolute Gasteiger partial charge is 0.356 e. The second kappa shape index (κ2) is 3.76. The molecule has 1 aromatic heterocycles. The molecule has 1 aliphatic carbocycles. The molecule has 1 N–H and O–H groups in total. The maximum absolute atomic E-state index is 12.2. The zero-order valence-electron chi connectivity index (χ0n) is 10.8. The fourth-order valence-corrected chi connectivity index (χ4v) is 3.01. The molecule has 6 nitrogen and oxygen atoms in total. The van der Waals surface area contributed by atoms with Gasteiger partial charge in [-0.15, -0.1) is 0 Å². The lowest BCUT2D eigenvalue weighted by atomic mass is 10.1. The highest BCUT2D eigenvalue weighted by molar-refractivity contribution is 5.93. The van der Waals surface area contributed by atoms with Crippen molar-refractivity contribution in [2.75, 3.05) is 13.1 Å². The quantitative estimate of drug-likeness (QED) is 0.855. The first-order valence-electron chi connectivity index (χ1n) is 6.26.